The maximum Gasteiger partial charge on any atom is 0.255 e. The van der Waals surface area contributed by atoms with Crippen LogP contribution in [-0.2, 0) is 11.2 Å². The lowest BCUT2D eigenvalue weighted by atomic mass is 10.0. The van der Waals surface area contributed by atoms with Crippen molar-refractivity contribution >= 4 is 23.2 Å². The third kappa shape index (κ3) is 2.92. The van der Waals surface area contributed by atoms with Crippen LogP contribution in [0.15, 0.2) is 60.4 Å². The Labute approximate surface area is 138 Å². The monoisotopic (exact) mass is 324 g/mol. The Morgan fingerprint density at radius 2 is 1.96 bits per heavy atom. The molecule has 3 rings (SSSR count). The molecule has 1 heterocycles. The quantitative estimate of drug-likeness (QED) is 0.938. The summed E-state index contributed by atoms with van der Waals surface area (Å²) in [5, 5.41) is 19.4. The van der Waals surface area contributed by atoms with Crippen LogP contribution in [0.1, 0.15) is 11.1 Å². The van der Waals surface area contributed by atoms with E-state index >= 15 is 0 Å². The van der Waals surface area contributed by atoms with Gasteiger partial charge in [-0.1, -0.05) is 41.9 Å². The van der Waals surface area contributed by atoms with Crippen molar-refractivity contribution < 1.29 is 9.90 Å². The van der Waals surface area contributed by atoms with E-state index in [1.165, 1.54) is 11.0 Å². The Balaban J connectivity index is 1.94. The lowest BCUT2D eigenvalue weighted by Gasteiger charge is -2.26. The van der Waals surface area contributed by atoms with Crippen molar-refractivity contribution in [3.8, 4) is 6.07 Å². The summed E-state index contributed by atoms with van der Waals surface area (Å²) in [5.74, 6) is -0.274. The summed E-state index contributed by atoms with van der Waals surface area (Å²) in [5.41, 5.74) is 1.91. The second-order valence-corrected chi connectivity index (χ2v) is 5.67. The number of rotatable bonds is 3. The second kappa shape index (κ2) is 6.15. The van der Waals surface area contributed by atoms with Crippen LogP contribution >= 0.6 is 11.6 Å². The molecule has 0 fully saturated rings. The van der Waals surface area contributed by atoms with Crippen molar-refractivity contribution in [3.63, 3.8) is 0 Å². The van der Waals surface area contributed by atoms with Gasteiger partial charge < -0.3 is 5.11 Å². The molecule has 1 atom stereocenters. The molecule has 4 nitrogen and oxygen atoms in total. The lowest BCUT2D eigenvalue weighted by Crippen LogP contribution is -2.37. The molecule has 1 unspecified atom stereocenters. The van der Waals surface area contributed by atoms with Crippen LogP contribution in [0.4, 0.5) is 5.69 Å². The highest BCUT2D eigenvalue weighted by Crippen LogP contribution is 2.31. The van der Waals surface area contributed by atoms with E-state index < -0.39 is 6.04 Å². The standard InChI is InChI=1S/C18H13ClN2O2/c19-15-9-14(7-6-13(15)11-20)21-16(17(22)10-18(21)23)8-12-4-2-1-3-5-12/h1-7,9-10,16,22H,8H2. The summed E-state index contributed by atoms with van der Waals surface area (Å²) in [6.45, 7) is 0. The number of aliphatic hydroxyl groups is 1. The first-order chi connectivity index (χ1) is 11.1. The number of aliphatic hydroxyl groups excluding tert-OH is 1. The van der Waals surface area contributed by atoms with Crippen molar-refractivity contribution in [2.45, 2.75) is 12.5 Å². The highest BCUT2D eigenvalue weighted by Gasteiger charge is 2.34. The summed E-state index contributed by atoms with van der Waals surface area (Å²) in [7, 11) is 0. The number of benzene rings is 2. The zero-order valence-corrected chi connectivity index (χ0v) is 12.9. The maximum atomic E-state index is 12.2. The minimum atomic E-state index is -0.478. The second-order valence-electron chi connectivity index (χ2n) is 5.26. The Hall–Kier alpha value is -2.77. The van der Waals surface area contributed by atoms with Gasteiger partial charge in [0.1, 0.15) is 11.8 Å². The molecule has 0 aliphatic carbocycles. The van der Waals surface area contributed by atoms with E-state index in [-0.39, 0.29) is 16.7 Å². The van der Waals surface area contributed by atoms with E-state index in [0.717, 1.165) is 5.56 Å². The predicted octanol–water partition coefficient (Wildman–Crippen LogP) is 3.61. The van der Waals surface area contributed by atoms with Gasteiger partial charge >= 0.3 is 0 Å². The Morgan fingerprint density at radius 3 is 2.61 bits per heavy atom. The van der Waals surface area contributed by atoms with E-state index in [9.17, 15) is 9.90 Å². The molecule has 0 saturated carbocycles. The first-order valence-electron chi connectivity index (χ1n) is 7.07. The molecular weight excluding hydrogens is 312 g/mol. The van der Waals surface area contributed by atoms with Gasteiger partial charge in [0.25, 0.3) is 5.91 Å². The van der Waals surface area contributed by atoms with Crippen LogP contribution in [-0.4, -0.2) is 17.1 Å². The van der Waals surface area contributed by atoms with Gasteiger partial charge in [-0.15, -0.1) is 0 Å². The molecule has 1 N–H and O–H groups in total. The summed E-state index contributed by atoms with van der Waals surface area (Å²) >= 11 is 6.06. The van der Waals surface area contributed by atoms with Gasteiger partial charge in [0.05, 0.1) is 16.6 Å². The van der Waals surface area contributed by atoms with Gasteiger partial charge in [0, 0.05) is 18.2 Å². The van der Waals surface area contributed by atoms with Crippen molar-refractivity contribution in [1.82, 2.24) is 0 Å². The average Bonchev–Trinajstić information content (AvgIpc) is 2.82. The third-order valence-electron chi connectivity index (χ3n) is 3.79. The molecular formula is C18H13ClN2O2. The lowest BCUT2D eigenvalue weighted by molar-refractivity contribution is -0.113. The number of amides is 1. The number of hydrogen-bond acceptors (Lipinski definition) is 3. The summed E-state index contributed by atoms with van der Waals surface area (Å²) in [4.78, 5) is 13.7. The van der Waals surface area contributed by atoms with Crippen molar-refractivity contribution in [3.05, 3.63) is 76.5 Å². The Bertz CT molecular complexity index is 825. The van der Waals surface area contributed by atoms with Crippen molar-refractivity contribution in [2.24, 2.45) is 0 Å². The number of carbonyl (C=O) groups is 1. The number of anilines is 1. The molecule has 1 amide bonds. The largest absolute Gasteiger partial charge is 0.510 e. The van der Waals surface area contributed by atoms with Gasteiger partial charge in [-0.2, -0.15) is 5.26 Å². The van der Waals surface area contributed by atoms with Crippen LogP contribution in [0.2, 0.25) is 5.02 Å². The summed E-state index contributed by atoms with van der Waals surface area (Å²) in [6.07, 6.45) is 1.71. The minimum Gasteiger partial charge on any atom is -0.510 e. The minimum absolute atomic E-state index is 0.0272. The highest BCUT2D eigenvalue weighted by molar-refractivity contribution is 6.32. The van der Waals surface area contributed by atoms with Crippen molar-refractivity contribution in [1.29, 1.82) is 5.26 Å². The van der Waals surface area contributed by atoms with Crippen LogP contribution < -0.4 is 4.90 Å². The SMILES string of the molecule is N#Cc1ccc(N2C(=O)C=C(O)C2Cc2ccccc2)cc1Cl. The van der Waals surface area contributed by atoms with E-state index in [4.69, 9.17) is 16.9 Å². The predicted molar refractivity (Wildman–Crippen MR) is 88.3 cm³/mol. The summed E-state index contributed by atoms with van der Waals surface area (Å²) < 4.78 is 0. The molecule has 5 heteroatoms. The molecule has 114 valence electrons. The Kier molecular flexibility index (Phi) is 4.05. The molecule has 0 bridgehead atoms. The van der Waals surface area contributed by atoms with Gasteiger partial charge in [-0.05, 0) is 23.8 Å². The normalized spacial score (nSPS) is 17.0. The molecule has 0 aromatic heterocycles. The fourth-order valence-electron chi connectivity index (χ4n) is 2.66. The first-order valence-corrected chi connectivity index (χ1v) is 7.45. The first kappa shape index (κ1) is 15.1. The van der Waals surface area contributed by atoms with Gasteiger partial charge in [0.15, 0.2) is 0 Å². The van der Waals surface area contributed by atoms with Crippen LogP contribution in [0.25, 0.3) is 0 Å². The van der Waals surface area contributed by atoms with Crippen molar-refractivity contribution in [2.75, 3.05) is 4.90 Å². The molecule has 23 heavy (non-hydrogen) atoms. The van der Waals surface area contributed by atoms with E-state index in [1.54, 1.807) is 18.2 Å². The number of hydrogen-bond donors (Lipinski definition) is 1. The van der Waals surface area contributed by atoms with Gasteiger partial charge in [0.2, 0.25) is 0 Å². The van der Waals surface area contributed by atoms with Gasteiger partial charge in [-0.3, -0.25) is 9.69 Å². The third-order valence-corrected chi connectivity index (χ3v) is 4.10. The number of carbonyl (C=O) groups excluding carboxylic acids is 1. The summed E-state index contributed by atoms with van der Waals surface area (Å²) in [6, 6.07) is 15.9. The molecule has 2 aromatic rings. The molecule has 1 aliphatic heterocycles. The van der Waals surface area contributed by atoms with E-state index in [2.05, 4.69) is 0 Å². The molecule has 1 aliphatic rings. The van der Waals surface area contributed by atoms with E-state index in [0.29, 0.717) is 17.7 Å². The smallest absolute Gasteiger partial charge is 0.255 e. The molecule has 2 aromatic carbocycles. The number of nitrogens with zero attached hydrogens (tertiary/aromatic N) is 2. The van der Waals surface area contributed by atoms with Gasteiger partial charge in [-0.25, -0.2) is 0 Å². The van der Waals surface area contributed by atoms with Crippen LogP contribution in [0.3, 0.4) is 0 Å². The highest BCUT2D eigenvalue weighted by atomic mass is 35.5. The van der Waals surface area contributed by atoms with E-state index in [1.807, 2.05) is 36.4 Å². The average molecular weight is 325 g/mol. The van der Waals surface area contributed by atoms with Crippen LogP contribution in [0.5, 0.6) is 0 Å². The molecule has 0 saturated heterocycles. The number of halogens is 1. The Morgan fingerprint density at radius 1 is 1.22 bits per heavy atom. The topological polar surface area (TPSA) is 64.3 Å². The number of nitriles is 1. The fourth-order valence-corrected chi connectivity index (χ4v) is 2.88. The molecule has 0 spiro atoms. The maximum absolute atomic E-state index is 12.2. The zero-order valence-electron chi connectivity index (χ0n) is 12.1. The van der Waals surface area contributed by atoms with Crippen LogP contribution in [0, 0.1) is 11.3 Å². The molecule has 0 radical (unpaired) electrons. The fraction of sp³-hybridized carbons (Fsp3) is 0.111. The zero-order chi connectivity index (χ0) is 16.4.